The van der Waals surface area contributed by atoms with Gasteiger partial charge in [-0.15, -0.1) is 0 Å². The zero-order valence-corrected chi connectivity index (χ0v) is 5.93. The topological polar surface area (TPSA) is 55.3 Å². The van der Waals surface area contributed by atoms with Crippen LogP contribution in [0.5, 0.6) is 0 Å². The first-order chi connectivity index (χ1) is 2.77. The van der Waals surface area contributed by atoms with Gasteiger partial charge in [-0.3, -0.25) is 0 Å². The van der Waals surface area contributed by atoms with Gasteiger partial charge in [-0.25, -0.2) is 0 Å². The van der Waals surface area contributed by atoms with Gasteiger partial charge in [0, 0.05) is 0 Å². The third-order valence-corrected chi connectivity index (χ3v) is 1.57. The average molecular weight is 199 g/mol. The fraction of sp³-hybridized carbons (Fsp3) is 1.00. The molecule has 0 aromatic heterocycles. The molecule has 0 saturated carbocycles. The first kappa shape index (κ1) is 6.70. The Bertz CT molecular complexity index is 30.0. The summed E-state index contributed by atoms with van der Waals surface area (Å²) in [4.78, 5) is 0. The Morgan fingerprint density at radius 2 is 2.17 bits per heavy atom. The van der Waals surface area contributed by atoms with Crippen LogP contribution in [0.25, 0.3) is 0 Å². The van der Waals surface area contributed by atoms with E-state index in [0.29, 0.717) is 0 Å². The minimum absolute atomic E-state index is 0.288. The molecule has 0 atom stereocenters. The van der Waals surface area contributed by atoms with Gasteiger partial charge in [0.05, 0.1) is 0 Å². The second kappa shape index (κ2) is 3.87. The van der Waals surface area contributed by atoms with Gasteiger partial charge in [0.2, 0.25) is 0 Å². The normalized spacial score (nSPS) is 10.0. The predicted octanol–water partition coefficient (Wildman–Crippen LogP) is -2.27. The van der Waals surface area contributed by atoms with Gasteiger partial charge in [-0.2, -0.15) is 0 Å². The van der Waals surface area contributed by atoms with Crippen molar-refractivity contribution < 1.29 is 9.79 Å². The van der Waals surface area contributed by atoms with Crippen molar-refractivity contribution in [1.29, 1.82) is 0 Å². The van der Waals surface area contributed by atoms with Crippen molar-refractivity contribution in [2.24, 2.45) is 0 Å². The van der Waals surface area contributed by atoms with Crippen LogP contribution in [0.3, 0.4) is 0 Å². The summed E-state index contributed by atoms with van der Waals surface area (Å²) in [6.07, 6.45) is 0. The molecule has 0 aliphatic rings. The Morgan fingerprint density at radius 1 is 1.67 bits per heavy atom. The molecular formula is C2H5O3Sb-2. The number of hydrogen-bond acceptors (Lipinski definition) is 3. The van der Waals surface area contributed by atoms with Crippen molar-refractivity contribution in [2.75, 3.05) is 6.61 Å². The summed E-state index contributed by atoms with van der Waals surface area (Å²) in [5.41, 5.74) is 0. The number of rotatable bonds is 2. The molecule has 0 aliphatic carbocycles. The average Bonchev–Trinajstić information content (AvgIpc) is 1.35. The van der Waals surface area contributed by atoms with Crippen molar-refractivity contribution in [3.05, 3.63) is 0 Å². The fourth-order valence-electron chi connectivity index (χ4n) is 0.105. The first-order valence-electron chi connectivity index (χ1n) is 1.54. The van der Waals surface area contributed by atoms with Gasteiger partial charge in [0.15, 0.2) is 0 Å². The second-order valence-corrected chi connectivity index (χ2v) is 2.65. The molecule has 0 amide bonds. The Balaban J connectivity index is 2.63. The molecule has 38 valence electrons. The van der Waals surface area contributed by atoms with E-state index >= 15 is 0 Å². The summed E-state index contributed by atoms with van der Waals surface area (Å²) in [6.45, 7) is 1.93. The molecular weight excluding hydrogens is 194 g/mol. The van der Waals surface area contributed by atoms with Crippen LogP contribution in [0.1, 0.15) is 6.92 Å². The molecule has 0 unspecified atom stereocenters. The molecule has 0 spiro atoms. The van der Waals surface area contributed by atoms with Crippen LogP contribution in [-0.4, -0.2) is 28.1 Å². The molecule has 0 heterocycles. The quantitative estimate of drug-likeness (QED) is 0.471. The molecule has 0 rings (SSSR count). The van der Waals surface area contributed by atoms with E-state index < -0.39 is 21.5 Å². The van der Waals surface area contributed by atoms with E-state index in [9.17, 15) is 6.77 Å². The second-order valence-electron chi connectivity index (χ2n) is 0.641. The third kappa shape index (κ3) is 4.70. The maximum absolute atomic E-state index is 9.53. The van der Waals surface area contributed by atoms with Gasteiger partial charge >= 0.3 is 44.8 Å². The van der Waals surface area contributed by atoms with Crippen molar-refractivity contribution in [3.63, 3.8) is 0 Å². The molecule has 0 radical (unpaired) electrons. The summed E-state index contributed by atoms with van der Waals surface area (Å²) in [5, 5.41) is 0. The Morgan fingerprint density at radius 3 is 2.17 bits per heavy atom. The van der Waals surface area contributed by atoms with E-state index in [1.54, 1.807) is 6.92 Å². The maximum atomic E-state index is 9.53. The Hall–Kier alpha value is 0.698. The molecule has 0 bridgehead atoms. The summed E-state index contributed by atoms with van der Waals surface area (Å²) in [6, 6.07) is 0. The van der Waals surface area contributed by atoms with E-state index in [2.05, 4.69) is 3.02 Å². The van der Waals surface area contributed by atoms with E-state index in [0.717, 1.165) is 0 Å². The molecule has 0 aliphatic heterocycles. The summed E-state index contributed by atoms with van der Waals surface area (Å²) < 4.78 is 23.2. The van der Waals surface area contributed by atoms with Gasteiger partial charge in [0.1, 0.15) is 0 Å². The van der Waals surface area contributed by atoms with Crippen LogP contribution in [-0.2, 0) is 3.02 Å². The molecule has 0 aromatic carbocycles. The van der Waals surface area contributed by atoms with Gasteiger partial charge < -0.3 is 0 Å². The van der Waals surface area contributed by atoms with Crippen LogP contribution in [0, 0.1) is 0 Å². The molecule has 0 aromatic rings. The Labute approximate surface area is 45.2 Å². The van der Waals surface area contributed by atoms with Crippen molar-refractivity contribution >= 4 is 21.5 Å². The standard InChI is InChI=1S/C2H5O.2O.Sb/c1-2-3;;;/h2H2,1H3;;;/q3*-1;+1. The van der Waals surface area contributed by atoms with E-state index in [1.807, 2.05) is 0 Å². The van der Waals surface area contributed by atoms with Crippen molar-refractivity contribution in [1.82, 2.24) is 0 Å². The van der Waals surface area contributed by atoms with Gasteiger partial charge in [0.25, 0.3) is 0 Å². The summed E-state index contributed by atoms with van der Waals surface area (Å²) in [5.74, 6) is 0. The third-order valence-electron chi connectivity index (χ3n) is 0.235. The number of hydrogen-bond donors (Lipinski definition) is 0. The van der Waals surface area contributed by atoms with Crippen LogP contribution < -0.4 is 6.77 Å². The first-order valence-corrected chi connectivity index (χ1v) is 4.67. The molecule has 4 heteroatoms. The van der Waals surface area contributed by atoms with E-state index in [1.165, 1.54) is 0 Å². The van der Waals surface area contributed by atoms with Crippen molar-refractivity contribution in [3.8, 4) is 0 Å². The van der Waals surface area contributed by atoms with Crippen LogP contribution in [0.2, 0.25) is 0 Å². The van der Waals surface area contributed by atoms with Crippen molar-refractivity contribution in [2.45, 2.75) is 6.92 Å². The van der Waals surface area contributed by atoms with Crippen LogP contribution >= 0.6 is 0 Å². The fourth-order valence-corrected chi connectivity index (χ4v) is 0.707. The molecule has 0 N–H and O–H groups in total. The molecule has 0 fully saturated rings. The van der Waals surface area contributed by atoms with Crippen LogP contribution in [0.4, 0.5) is 0 Å². The monoisotopic (exact) mass is 198 g/mol. The Kier molecular flexibility index (Phi) is 4.32. The summed E-state index contributed by atoms with van der Waals surface area (Å²) >= 11 is -3.51. The van der Waals surface area contributed by atoms with Gasteiger partial charge in [-0.05, 0) is 0 Å². The zero-order valence-electron chi connectivity index (χ0n) is 3.38. The van der Waals surface area contributed by atoms with Crippen LogP contribution in [0.15, 0.2) is 0 Å². The van der Waals surface area contributed by atoms with E-state index in [-0.39, 0.29) is 6.61 Å². The molecule has 6 heavy (non-hydrogen) atoms. The van der Waals surface area contributed by atoms with E-state index in [4.69, 9.17) is 0 Å². The summed E-state index contributed by atoms with van der Waals surface area (Å²) in [7, 11) is 0. The zero-order chi connectivity index (χ0) is 4.99. The minimum atomic E-state index is -3.51. The molecule has 0 saturated heterocycles. The van der Waals surface area contributed by atoms with Gasteiger partial charge in [-0.1, -0.05) is 0 Å². The SMILES string of the molecule is CC[O][Sb]([O-])[O-]. The molecule has 3 nitrogen and oxygen atoms in total. The predicted molar refractivity (Wildman–Crippen MR) is 17.4 cm³/mol.